The molecular formula is C15H29NO. The third-order valence-corrected chi connectivity index (χ3v) is 4.90. The molecule has 0 heterocycles. The van der Waals surface area contributed by atoms with Gasteiger partial charge < -0.3 is 10.8 Å². The summed E-state index contributed by atoms with van der Waals surface area (Å²) in [6, 6.07) is 0. The zero-order valence-electron chi connectivity index (χ0n) is 12.0. The van der Waals surface area contributed by atoms with E-state index < -0.39 is 5.60 Å². The van der Waals surface area contributed by atoms with Crippen molar-refractivity contribution >= 4 is 0 Å². The molecule has 2 aliphatic rings. The van der Waals surface area contributed by atoms with Gasteiger partial charge in [0.25, 0.3) is 0 Å². The van der Waals surface area contributed by atoms with E-state index >= 15 is 0 Å². The smallest absolute Gasteiger partial charge is 0.0826 e. The van der Waals surface area contributed by atoms with Gasteiger partial charge in [-0.3, -0.25) is 0 Å². The van der Waals surface area contributed by atoms with Gasteiger partial charge in [0.2, 0.25) is 0 Å². The molecule has 0 spiro atoms. The van der Waals surface area contributed by atoms with Crippen LogP contribution in [0.3, 0.4) is 0 Å². The Morgan fingerprint density at radius 2 is 1.24 bits per heavy atom. The molecule has 0 atom stereocenters. The molecular weight excluding hydrogens is 210 g/mol. The van der Waals surface area contributed by atoms with Gasteiger partial charge in [-0.25, -0.2) is 0 Å². The van der Waals surface area contributed by atoms with Crippen molar-refractivity contribution < 1.29 is 5.11 Å². The van der Waals surface area contributed by atoms with Crippen molar-refractivity contribution in [1.29, 1.82) is 0 Å². The Morgan fingerprint density at radius 3 is 1.65 bits per heavy atom. The van der Waals surface area contributed by atoms with Crippen LogP contribution in [0.1, 0.15) is 72.6 Å². The van der Waals surface area contributed by atoms with Crippen LogP contribution < -0.4 is 5.73 Å². The first-order chi connectivity index (χ1) is 7.58. The summed E-state index contributed by atoms with van der Waals surface area (Å²) in [6.07, 6.45) is 7.19. The van der Waals surface area contributed by atoms with Crippen LogP contribution in [-0.4, -0.2) is 16.2 Å². The molecule has 0 aromatic rings. The summed E-state index contributed by atoms with van der Waals surface area (Å²) >= 11 is 0. The van der Waals surface area contributed by atoms with Crippen LogP contribution in [0.2, 0.25) is 0 Å². The van der Waals surface area contributed by atoms with Gasteiger partial charge in [-0.05, 0) is 42.9 Å². The average molecular weight is 239 g/mol. The Morgan fingerprint density at radius 1 is 0.824 bits per heavy atom. The minimum Gasteiger partial charge on any atom is -0.388 e. The van der Waals surface area contributed by atoms with E-state index in [-0.39, 0.29) is 16.4 Å². The third kappa shape index (κ3) is 2.39. The van der Waals surface area contributed by atoms with Gasteiger partial charge in [0, 0.05) is 5.54 Å². The van der Waals surface area contributed by atoms with E-state index in [9.17, 15) is 5.11 Å². The highest BCUT2D eigenvalue weighted by Crippen LogP contribution is 2.55. The molecule has 3 N–H and O–H groups in total. The summed E-state index contributed by atoms with van der Waals surface area (Å²) in [5.41, 5.74) is 6.20. The van der Waals surface area contributed by atoms with Gasteiger partial charge in [0.1, 0.15) is 0 Å². The second-order valence-electron chi connectivity index (χ2n) is 8.25. The highest BCUT2D eigenvalue weighted by Gasteiger charge is 2.56. The molecule has 2 rings (SSSR count). The van der Waals surface area contributed by atoms with Crippen LogP contribution in [0, 0.1) is 10.8 Å². The predicted molar refractivity (Wildman–Crippen MR) is 71.7 cm³/mol. The molecule has 2 fully saturated rings. The summed E-state index contributed by atoms with van der Waals surface area (Å²) in [4.78, 5) is 0. The summed E-state index contributed by atoms with van der Waals surface area (Å²) in [5, 5.41) is 10.9. The zero-order valence-corrected chi connectivity index (χ0v) is 12.0. The average Bonchev–Trinajstić information content (AvgIpc) is 2.46. The standard InChI is InChI=1S/C15H29NO/c1-12(2)9-13(3,4)11-14(16,10-12)15(17)7-5-6-8-15/h17H,5-11,16H2,1-4H3. The minimum atomic E-state index is -0.609. The number of nitrogens with two attached hydrogens (primary N) is 1. The molecule has 0 aromatic carbocycles. The predicted octanol–water partition coefficient (Wildman–Crippen LogP) is 3.23. The number of aliphatic hydroxyl groups is 1. The lowest BCUT2D eigenvalue weighted by molar-refractivity contribution is -0.0939. The molecule has 0 radical (unpaired) electrons. The Kier molecular flexibility index (Phi) is 2.91. The van der Waals surface area contributed by atoms with Crippen molar-refractivity contribution in [3.8, 4) is 0 Å². The molecule has 0 unspecified atom stereocenters. The Hall–Kier alpha value is -0.0800. The van der Waals surface area contributed by atoms with Gasteiger partial charge >= 0.3 is 0 Å². The number of hydrogen-bond donors (Lipinski definition) is 2. The summed E-state index contributed by atoms with van der Waals surface area (Å²) < 4.78 is 0. The minimum absolute atomic E-state index is 0.245. The second-order valence-corrected chi connectivity index (χ2v) is 8.25. The van der Waals surface area contributed by atoms with Gasteiger partial charge in [-0.15, -0.1) is 0 Å². The van der Waals surface area contributed by atoms with E-state index in [0.29, 0.717) is 0 Å². The van der Waals surface area contributed by atoms with Gasteiger partial charge in [-0.2, -0.15) is 0 Å². The van der Waals surface area contributed by atoms with Crippen LogP contribution in [0.5, 0.6) is 0 Å². The fraction of sp³-hybridized carbons (Fsp3) is 1.00. The molecule has 2 saturated carbocycles. The molecule has 100 valence electrons. The molecule has 0 bridgehead atoms. The van der Waals surface area contributed by atoms with E-state index in [4.69, 9.17) is 5.73 Å². The molecule has 2 heteroatoms. The Balaban J connectivity index is 2.30. The fourth-order valence-electron chi connectivity index (χ4n) is 4.98. The SMILES string of the molecule is CC1(C)CC(C)(C)CC(N)(C2(O)CCCC2)C1. The highest BCUT2D eigenvalue weighted by atomic mass is 16.3. The topological polar surface area (TPSA) is 46.2 Å². The highest BCUT2D eigenvalue weighted by molar-refractivity contribution is 5.12. The van der Waals surface area contributed by atoms with Crippen LogP contribution in [-0.2, 0) is 0 Å². The van der Waals surface area contributed by atoms with Crippen molar-refractivity contribution in [3.63, 3.8) is 0 Å². The van der Waals surface area contributed by atoms with E-state index in [2.05, 4.69) is 27.7 Å². The van der Waals surface area contributed by atoms with Gasteiger partial charge in [0.15, 0.2) is 0 Å². The molecule has 0 aliphatic heterocycles. The van der Waals surface area contributed by atoms with Crippen LogP contribution >= 0.6 is 0 Å². The van der Waals surface area contributed by atoms with E-state index in [1.807, 2.05) is 0 Å². The maximum Gasteiger partial charge on any atom is 0.0826 e. The van der Waals surface area contributed by atoms with Crippen molar-refractivity contribution in [2.24, 2.45) is 16.6 Å². The zero-order chi connectivity index (χ0) is 12.9. The van der Waals surface area contributed by atoms with Crippen molar-refractivity contribution in [1.82, 2.24) is 0 Å². The molecule has 2 nitrogen and oxygen atoms in total. The monoisotopic (exact) mass is 239 g/mol. The number of hydrogen-bond acceptors (Lipinski definition) is 2. The second kappa shape index (κ2) is 3.71. The van der Waals surface area contributed by atoms with E-state index in [0.717, 1.165) is 38.5 Å². The third-order valence-electron chi connectivity index (χ3n) is 4.90. The quantitative estimate of drug-likeness (QED) is 0.738. The maximum atomic E-state index is 10.9. The number of rotatable bonds is 1. The maximum absolute atomic E-state index is 10.9. The Bertz CT molecular complexity index is 284. The van der Waals surface area contributed by atoms with Crippen LogP contribution in [0.4, 0.5) is 0 Å². The van der Waals surface area contributed by atoms with Crippen LogP contribution in [0.15, 0.2) is 0 Å². The van der Waals surface area contributed by atoms with Gasteiger partial charge in [-0.1, -0.05) is 40.5 Å². The molecule has 0 saturated heterocycles. The lowest BCUT2D eigenvalue weighted by Crippen LogP contribution is -2.65. The summed E-state index contributed by atoms with van der Waals surface area (Å²) in [7, 11) is 0. The first kappa shape index (κ1) is 13.4. The van der Waals surface area contributed by atoms with Gasteiger partial charge in [0.05, 0.1) is 5.60 Å². The lowest BCUT2D eigenvalue weighted by Gasteiger charge is -2.55. The summed E-state index contributed by atoms with van der Waals surface area (Å²) in [5.74, 6) is 0. The van der Waals surface area contributed by atoms with Crippen molar-refractivity contribution in [2.75, 3.05) is 0 Å². The molecule has 17 heavy (non-hydrogen) atoms. The van der Waals surface area contributed by atoms with E-state index in [1.54, 1.807) is 0 Å². The molecule has 0 aromatic heterocycles. The summed E-state index contributed by atoms with van der Waals surface area (Å²) in [6.45, 7) is 9.20. The largest absolute Gasteiger partial charge is 0.388 e. The lowest BCUT2D eigenvalue weighted by atomic mass is 9.54. The molecule has 2 aliphatic carbocycles. The van der Waals surface area contributed by atoms with Crippen LogP contribution in [0.25, 0.3) is 0 Å². The normalized spacial score (nSPS) is 33.5. The first-order valence-corrected chi connectivity index (χ1v) is 7.09. The molecule has 0 amide bonds. The fourth-order valence-corrected chi connectivity index (χ4v) is 4.98. The van der Waals surface area contributed by atoms with Crippen molar-refractivity contribution in [2.45, 2.75) is 83.8 Å². The first-order valence-electron chi connectivity index (χ1n) is 7.09. The van der Waals surface area contributed by atoms with Crippen molar-refractivity contribution in [3.05, 3.63) is 0 Å². The Labute approximate surface area is 106 Å². The van der Waals surface area contributed by atoms with E-state index in [1.165, 1.54) is 6.42 Å².